The first-order valence-electron chi connectivity index (χ1n) is 34.0. The molecule has 3 aromatic heterocycles. The van der Waals surface area contributed by atoms with Crippen LogP contribution in [0.15, 0.2) is 146 Å². The zero-order chi connectivity index (χ0) is 80.0. The van der Waals surface area contributed by atoms with E-state index in [1.165, 1.54) is 144 Å². The Morgan fingerprint density at radius 3 is 0.857 bits per heavy atom. The molecule has 3 aliphatic carbocycles. The summed E-state index contributed by atoms with van der Waals surface area (Å²) in [6.45, 7) is 18.8. The third-order valence-electron chi connectivity index (χ3n) is 19.6. The number of amides is 2. The molecule has 112 heavy (non-hydrogen) atoms. The van der Waals surface area contributed by atoms with Crippen LogP contribution in [0, 0.1) is 0 Å². The predicted octanol–water partition coefficient (Wildman–Crippen LogP) is 13.3. The number of carboxylic acids is 1. The average Bonchev–Trinajstić information content (AvgIpc) is 1.55. The minimum atomic E-state index is -5.03. The third kappa shape index (κ3) is 17.2. The Labute approximate surface area is 668 Å². The minimum absolute atomic E-state index is 0. The van der Waals surface area contributed by atoms with Gasteiger partial charge in [-0.3, -0.25) is 23.6 Å². The number of fused-ring (bicyclic) bond motifs is 9. The molecule has 13 N–H and O–H groups in total. The van der Waals surface area contributed by atoms with Gasteiger partial charge in [0.15, 0.2) is 5.54 Å². The number of alkyl halides is 9. The molecule has 0 fully saturated rings. The second-order valence-electron chi connectivity index (χ2n) is 30.4. The number of aliphatic hydroxyl groups is 6. The Hall–Kier alpha value is -8.84. The molecule has 3 heterocycles. The summed E-state index contributed by atoms with van der Waals surface area (Å²) in [5.41, 5.74) is -4.34. The maximum Gasteiger partial charge on any atom is 0.425 e. The molecular formula is C79H90F9IN8O14V. The Morgan fingerprint density at radius 1 is 0.411 bits per heavy atom. The second kappa shape index (κ2) is 32.2. The number of rotatable bonds is 21. The fourth-order valence-electron chi connectivity index (χ4n) is 12.8. The maximum absolute atomic E-state index is 14.4. The Kier molecular flexibility index (Phi) is 26.5. The van der Waals surface area contributed by atoms with Gasteiger partial charge in [0, 0.05) is 106 Å². The molecule has 33 heteroatoms. The first kappa shape index (κ1) is 92.0. The van der Waals surface area contributed by atoms with Crippen molar-refractivity contribution in [2.24, 2.45) is 11.5 Å². The van der Waals surface area contributed by atoms with Crippen LogP contribution < -0.4 is 25.7 Å². The van der Waals surface area contributed by atoms with Crippen molar-refractivity contribution in [1.29, 1.82) is 0 Å². The number of aliphatic carboxylic acids is 1. The number of halogens is 10. The zero-order valence-corrected chi connectivity index (χ0v) is 66.0. The summed E-state index contributed by atoms with van der Waals surface area (Å²) < 4.78 is 151. The molecule has 0 saturated heterocycles. The number of ether oxygens (including phenoxy) is 3. The van der Waals surface area contributed by atoms with E-state index in [0.717, 1.165) is 0 Å². The van der Waals surface area contributed by atoms with E-state index in [-0.39, 0.29) is 173 Å². The Bertz CT molecular complexity index is 4480. The van der Waals surface area contributed by atoms with Crippen LogP contribution in [0.3, 0.4) is 0 Å². The maximum atomic E-state index is 14.4. The van der Waals surface area contributed by atoms with E-state index < -0.39 is 92.1 Å². The van der Waals surface area contributed by atoms with E-state index in [9.17, 15) is 89.6 Å². The molecule has 0 aliphatic heterocycles. The van der Waals surface area contributed by atoms with Gasteiger partial charge in [-0.25, -0.2) is 4.79 Å². The van der Waals surface area contributed by atoms with E-state index >= 15 is 0 Å². The molecule has 2 amide bonds. The molecule has 12 rings (SSSR count). The number of nitrogens with two attached hydrogens (primary N) is 2. The number of carbonyl (C=O) groups is 3. The van der Waals surface area contributed by atoms with Crippen molar-refractivity contribution in [2.75, 3.05) is 19.8 Å². The van der Waals surface area contributed by atoms with Crippen LogP contribution in [0.4, 0.5) is 39.5 Å². The molecule has 0 unspecified atom stereocenters. The van der Waals surface area contributed by atoms with Gasteiger partial charge in [0.05, 0.1) is 55.2 Å². The van der Waals surface area contributed by atoms with Gasteiger partial charge in [0.1, 0.15) is 28.3 Å². The van der Waals surface area contributed by atoms with Crippen LogP contribution in [0.2, 0.25) is 0 Å². The second-order valence-corrected chi connectivity index (χ2v) is 30.4. The number of hydrogen-bond acceptors (Lipinski definition) is 15. The summed E-state index contributed by atoms with van der Waals surface area (Å²) in [5.74, 6) is -2.17. The van der Waals surface area contributed by atoms with Gasteiger partial charge in [-0.1, -0.05) is 80.2 Å². The van der Waals surface area contributed by atoms with Gasteiger partial charge in [0.25, 0.3) is 0 Å². The molecule has 6 aromatic carbocycles. The molecular weight excluding hydrogens is 1630 g/mol. The molecule has 605 valence electrons. The standard InChI is InChI=1S/2C26H28F3N3O4.C26H27F3N2O5.CH4.HI.H2O.V/c2*1-23(2,34)9-10-36-16-11-18(15-13-31-32(14-15)24(3,4)22(30)33)21-17-7-5-6-8-19(17)25(35,20(21)12-16)26(27,28)29;1-23(2,34)9-10-36-16-11-18(15-13-30-31(14-15)24(3,4)22(32)33)21-17-7-5-6-8-19(17)25(35,20(21)12-16)26(27,28)29;;;;/h2*5-8,11-14,34-35H,9-10H2,1-4H3,(H2,30,33);5-8,11-14,34-35H,9-10H2,1-4H3,(H,32,33);1H4;1H;1H2;/t3*25-;;;;/m111..../s1. The molecule has 3 atom stereocenters. The molecule has 22 nitrogen and oxygen atoms in total. The van der Waals surface area contributed by atoms with Crippen LogP contribution in [-0.2, 0) is 66.4 Å². The monoisotopic (exact) mass is 1720 g/mol. The van der Waals surface area contributed by atoms with E-state index in [4.69, 9.17) is 25.7 Å². The van der Waals surface area contributed by atoms with Crippen LogP contribution in [0.1, 0.15) is 143 Å². The molecule has 0 saturated carbocycles. The van der Waals surface area contributed by atoms with Crippen molar-refractivity contribution in [1.82, 2.24) is 29.3 Å². The summed E-state index contributed by atoms with van der Waals surface area (Å²) in [6.07, 6.45) is -5.69. The van der Waals surface area contributed by atoms with Crippen LogP contribution in [0.5, 0.6) is 17.2 Å². The van der Waals surface area contributed by atoms with Gasteiger partial charge in [-0.05, 0) is 170 Å². The van der Waals surface area contributed by atoms with E-state index in [1.807, 2.05) is 0 Å². The SMILES string of the molecule is C.CC(C)(O)CCOc1cc(-c2cnn(C(C)(C)C(=O)O)c2)c2c(c1)[C@@](O)(C(F)(F)F)c1ccccc1-2.CC(C)(O)CCOc1cc(-c2cnn(C(C)(C)C(N)=O)c2)c2c(c1)[C@@](O)(C(F)(F)F)c1ccccc1-2.CC(C)(O)CCOc1cc(-c2cnn(C(C)(C)C(N)=O)c2)c2c(c1)[C@@](O)(C(F)(F)F)c1ccccc1-2.I.O.[V]. The van der Waals surface area contributed by atoms with Gasteiger partial charge < -0.3 is 66.9 Å². The Morgan fingerprint density at radius 2 is 0.643 bits per heavy atom. The van der Waals surface area contributed by atoms with Gasteiger partial charge in [-0.2, -0.15) is 54.8 Å². The summed E-state index contributed by atoms with van der Waals surface area (Å²) in [4.78, 5) is 35.6. The van der Waals surface area contributed by atoms with Crippen molar-refractivity contribution in [3.8, 4) is 84.0 Å². The largest absolute Gasteiger partial charge is 0.493 e. The normalized spacial score (nSPS) is 17.0. The van der Waals surface area contributed by atoms with Gasteiger partial charge in [0.2, 0.25) is 28.6 Å². The summed E-state index contributed by atoms with van der Waals surface area (Å²) in [5, 5.41) is 85.7. The number of carboxylic acid groups (broad SMARTS) is 1. The topological polar surface area (TPSA) is 358 Å². The van der Waals surface area contributed by atoms with E-state index in [1.54, 1.807) is 99.6 Å². The molecule has 0 spiro atoms. The molecule has 9 aromatic rings. The first-order valence-corrected chi connectivity index (χ1v) is 34.0. The van der Waals surface area contributed by atoms with Gasteiger partial charge >= 0.3 is 24.5 Å². The van der Waals surface area contributed by atoms with Crippen molar-refractivity contribution in [2.45, 2.75) is 179 Å². The quantitative estimate of drug-likeness (QED) is 0.0238. The van der Waals surface area contributed by atoms with Gasteiger partial charge in [-0.15, -0.1) is 24.0 Å². The fourth-order valence-corrected chi connectivity index (χ4v) is 12.8. The van der Waals surface area contributed by atoms with Crippen molar-refractivity contribution < 1.29 is 128 Å². The van der Waals surface area contributed by atoms with Crippen molar-refractivity contribution in [3.63, 3.8) is 0 Å². The molecule has 1 radical (unpaired) electrons. The van der Waals surface area contributed by atoms with E-state index in [0.29, 0.717) is 33.4 Å². The Balaban J connectivity index is 0.000000257. The van der Waals surface area contributed by atoms with E-state index in [2.05, 4.69) is 15.3 Å². The smallest absolute Gasteiger partial charge is 0.425 e. The van der Waals surface area contributed by atoms with Crippen molar-refractivity contribution >= 4 is 41.8 Å². The molecule has 3 aliphatic rings. The summed E-state index contributed by atoms with van der Waals surface area (Å²) in [7, 11) is 0. The van der Waals surface area contributed by atoms with Crippen LogP contribution in [-0.4, -0.2) is 143 Å². The molecule has 0 bridgehead atoms. The minimum Gasteiger partial charge on any atom is -0.493 e. The number of carbonyl (C=O) groups excluding carboxylic acids is 2. The van der Waals surface area contributed by atoms with Crippen LogP contribution in [0.25, 0.3) is 66.8 Å². The number of primary amides is 2. The average molecular weight is 1720 g/mol. The summed E-state index contributed by atoms with van der Waals surface area (Å²) in [6, 6.07) is 25.6. The first-order chi connectivity index (χ1) is 49.7. The fraction of sp³-hybridized carbons (Fsp3) is 0.392. The number of aromatic nitrogens is 6. The van der Waals surface area contributed by atoms with Crippen molar-refractivity contribution in [3.05, 3.63) is 180 Å². The number of nitrogens with zero attached hydrogens (tertiary/aromatic N) is 6. The van der Waals surface area contributed by atoms with Crippen LogP contribution >= 0.6 is 24.0 Å². The third-order valence-corrected chi connectivity index (χ3v) is 19.6. The number of hydrogen-bond donors (Lipinski definition) is 9. The predicted molar refractivity (Wildman–Crippen MR) is 405 cm³/mol. The zero-order valence-electron chi connectivity index (χ0n) is 62.3. The summed E-state index contributed by atoms with van der Waals surface area (Å²) >= 11 is 0. The number of benzene rings is 6.